The number of piperidine rings is 1. The van der Waals surface area contributed by atoms with Gasteiger partial charge in [0.2, 0.25) is 17.7 Å². The fourth-order valence-electron chi connectivity index (χ4n) is 15.2. The van der Waals surface area contributed by atoms with Gasteiger partial charge in [0.05, 0.1) is 55.0 Å². The van der Waals surface area contributed by atoms with Crippen molar-refractivity contribution in [2.45, 2.75) is 194 Å². The molecule has 530 valence electrons. The first-order valence-electron chi connectivity index (χ1n) is 34.0. The van der Waals surface area contributed by atoms with Crippen LogP contribution in [0.4, 0.5) is 38.0 Å². The van der Waals surface area contributed by atoms with Crippen molar-refractivity contribution >= 4 is 96.0 Å². The number of nitrogens with one attached hydrogen (secondary N) is 3. The Labute approximate surface area is 586 Å². The van der Waals surface area contributed by atoms with Gasteiger partial charge in [-0.25, -0.2) is 32.1 Å². The second-order valence-electron chi connectivity index (χ2n) is 31.1. The fraction of sp³-hybridized carbons (Fsp3) is 0.569. The third-order valence-electron chi connectivity index (χ3n) is 20.5. The molecule has 6 aliphatic rings. The third kappa shape index (κ3) is 15.0. The largest absolute Gasteiger partial charge is 0.463 e. The van der Waals surface area contributed by atoms with Gasteiger partial charge >= 0.3 is 18.2 Å². The first kappa shape index (κ1) is 71.4. The SMILES string of the molecule is Cc1ncsc1-c1ccc(CNC(=O)[C@@H]2C[C@@H](O)CN2C(=O)[C@@H](NC(=O)CC2CCC3(CC2)CCN(C[C@@]2(COc4nc(N5CC6CCC(C5)N6C(=O)OC(C)(C)C)c5cc(Cl)c(-c6ccc(F)c7sc(NC(=O)OC(C)(C)C)c(C#N)c67)c(F)c5n4)CC2(F)F)CC3)C(C)(C)C)cc1. The highest BCUT2D eigenvalue weighted by atomic mass is 35.5. The molecule has 3 aromatic heterocycles. The highest BCUT2D eigenvalue weighted by Gasteiger charge is 2.72. The van der Waals surface area contributed by atoms with Gasteiger partial charge in [-0.15, -0.1) is 22.7 Å². The normalized spacial score (nSPS) is 22.7. The van der Waals surface area contributed by atoms with E-state index in [1.54, 1.807) is 63.3 Å². The number of anilines is 2. The molecule has 27 heteroatoms. The van der Waals surface area contributed by atoms with Crippen LogP contribution >= 0.6 is 34.3 Å². The van der Waals surface area contributed by atoms with Crippen molar-refractivity contribution in [3.8, 4) is 33.6 Å². The molecule has 2 aliphatic carbocycles. The predicted molar refractivity (Wildman–Crippen MR) is 371 cm³/mol. The van der Waals surface area contributed by atoms with Gasteiger partial charge in [-0.3, -0.25) is 24.6 Å². The van der Waals surface area contributed by atoms with Gasteiger partial charge in [0.1, 0.15) is 58.1 Å². The molecule has 20 nitrogen and oxygen atoms in total. The van der Waals surface area contributed by atoms with E-state index in [1.807, 2.05) is 62.9 Å². The summed E-state index contributed by atoms with van der Waals surface area (Å²) < 4.78 is 83.4. The maximum absolute atomic E-state index is 18.0. The Balaban J connectivity index is 0.708. The lowest BCUT2D eigenvalue weighted by Gasteiger charge is -2.46. The Bertz CT molecular complexity index is 4150. The lowest BCUT2D eigenvalue weighted by molar-refractivity contribution is -0.144. The van der Waals surface area contributed by atoms with E-state index in [0.717, 1.165) is 77.6 Å². The quantitative estimate of drug-likeness (QED) is 0.0658. The fourth-order valence-corrected chi connectivity index (χ4v) is 17.4. The lowest BCUT2D eigenvalue weighted by atomic mass is 9.65. The van der Waals surface area contributed by atoms with Crippen molar-refractivity contribution < 1.29 is 60.9 Å². The molecule has 1 spiro atoms. The number of amides is 5. The number of benzene rings is 3. The minimum atomic E-state index is -3.12. The summed E-state index contributed by atoms with van der Waals surface area (Å²) in [6.07, 6.45) is 3.57. The van der Waals surface area contributed by atoms with Crippen LogP contribution in [0.3, 0.4) is 0 Å². The van der Waals surface area contributed by atoms with Crippen LogP contribution in [0.2, 0.25) is 5.02 Å². The van der Waals surface area contributed by atoms with Crippen LogP contribution in [-0.4, -0.2) is 158 Å². The van der Waals surface area contributed by atoms with E-state index in [9.17, 15) is 34.3 Å². The standard InChI is InChI=1S/C72H86ClF4N11O9S2/c1-39-57(98-38-80-39)42-13-11-41(12-14-42)31-79-61(91)51-28-45(89)34-87(51)63(92)59(67(2,3)4)81-52(90)27-40-19-21-70(22-20-40)23-25-85(26-24-70)36-71(35-72(71,76)77)37-95-64-82-56-47(60(83-64)86-32-43-15-16-44(33-86)88(43)66(94)97-69(8,9)10)29-49(73)54(55(56)75)46-17-18-50(74)58-53(46)48(30-78)62(99-58)84-65(93)96-68(5,6)7/h11-14,17-18,29,38,40,43-45,51,59,89H,15-16,19-28,31-37H2,1-10H3,(H,79,91)(H,81,90)(H,84,93)/t43?,44?,45-,51+,59-,71-/m1/s1. The Kier molecular flexibility index (Phi) is 19.6. The average Bonchev–Trinajstić information content (AvgIpc) is 0.880. The molecular weight excluding hydrogens is 1340 g/mol. The van der Waals surface area contributed by atoms with Crippen LogP contribution in [0.1, 0.15) is 150 Å². The molecule has 7 heterocycles. The number of ether oxygens (including phenoxy) is 3. The smallest absolute Gasteiger partial charge is 0.412 e. The van der Waals surface area contributed by atoms with Crippen molar-refractivity contribution in [1.82, 2.24) is 40.3 Å². The number of hydrogen-bond acceptors (Lipinski definition) is 17. The van der Waals surface area contributed by atoms with Crippen LogP contribution in [0.5, 0.6) is 6.01 Å². The van der Waals surface area contributed by atoms with Crippen LogP contribution in [-0.2, 0) is 30.4 Å². The molecule has 4 N–H and O–H groups in total. The average molecular weight is 1430 g/mol. The minimum Gasteiger partial charge on any atom is -0.463 e. The molecule has 4 saturated heterocycles. The Morgan fingerprint density at radius 3 is 2.16 bits per heavy atom. The molecule has 2 unspecified atom stereocenters. The number of aromatic nitrogens is 3. The molecule has 6 aromatic rings. The van der Waals surface area contributed by atoms with Gasteiger partial charge in [0, 0.05) is 68.3 Å². The van der Waals surface area contributed by atoms with Crippen molar-refractivity contribution in [3.63, 3.8) is 0 Å². The van der Waals surface area contributed by atoms with Gasteiger partial charge in [-0.2, -0.15) is 15.2 Å². The van der Waals surface area contributed by atoms with Crippen molar-refractivity contribution in [2.75, 3.05) is 56.1 Å². The Morgan fingerprint density at radius 1 is 0.889 bits per heavy atom. The molecule has 6 fully saturated rings. The number of aryl methyl sites for hydroxylation is 1. The maximum atomic E-state index is 18.0. The maximum Gasteiger partial charge on any atom is 0.412 e. The molecule has 6 atom stereocenters. The number of nitriles is 1. The van der Waals surface area contributed by atoms with E-state index < -0.39 is 88.9 Å². The van der Waals surface area contributed by atoms with Crippen LogP contribution in [0, 0.1) is 52.1 Å². The second kappa shape index (κ2) is 27.2. The van der Waals surface area contributed by atoms with Crippen molar-refractivity contribution in [1.29, 1.82) is 5.26 Å². The van der Waals surface area contributed by atoms with E-state index in [0.29, 0.717) is 25.9 Å². The summed E-state index contributed by atoms with van der Waals surface area (Å²) in [5.41, 5.74) is -0.127. The molecule has 99 heavy (non-hydrogen) atoms. The number of thiazole rings is 1. The zero-order valence-electron chi connectivity index (χ0n) is 57.5. The summed E-state index contributed by atoms with van der Waals surface area (Å²) in [7, 11) is 0. The number of nitrogens with zero attached hydrogens (tertiary/aromatic N) is 8. The molecule has 3 aromatic carbocycles. The monoisotopic (exact) mass is 1420 g/mol. The van der Waals surface area contributed by atoms with Gasteiger partial charge in [0.15, 0.2) is 5.82 Å². The number of carbonyl (C=O) groups excluding carboxylic acids is 5. The molecule has 4 aliphatic heterocycles. The first-order valence-corrected chi connectivity index (χ1v) is 36.1. The molecular formula is C72H86ClF4N11O9S2. The number of fused-ring (bicyclic) bond motifs is 4. The third-order valence-corrected chi connectivity index (χ3v) is 22.9. The number of aliphatic hydroxyl groups is 1. The van der Waals surface area contributed by atoms with Gasteiger partial charge in [-0.05, 0) is 158 Å². The van der Waals surface area contributed by atoms with E-state index in [-0.39, 0.29) is 140 Å². The predicted octanol–water partition coefficient (Wildman–Crippen LogP) is 13.6. The molecule has 5 amide bonds. The number of likely N-dealkylation sites (tertiary alicyclic amines) is 2. The van der Waals surface area contributed by atoms with Gasteiger partial charge in [0.25, 0.3) is 5.92 Å². The summed E-state index contributed by atoms with van der Waals surface area (Å²) in [4.78, 5) is 90.6. The number of thiophene rings is 1. The summed E-state index contributed by atoms with van der Waals surface area (Å²) in [5.74, 6) is -5.71. The summed E-state index contributed by atoms with van der Waals surface area (Å²) in [6, 6.07) is 10.8. The van der Waals surface area contributed by atoms with Crippen LogP contribution in [0.25, 0.3) is 42.6 Å². The van der Waals surface area contributed by atoms with Gasteiger partial charge in [-0.1, -0.05) is 62.7 Å². The molecule has 12 rings (SSSR count). The summed E-state index contributed by atoms with van der Waals surface area (Å²) in [6.45, 7) is 19.2. The second-order valence-corrected chi connectivity index (χ2v) is 33.4. The number of carbonyl (C=O) groups is 5. The van der Waals surface area contributed by atoms with Crippen molar-refractivity contribution in [3.05, 3.63) is 81.5 Å². The Hall–Kier alpha value is -7.44. The highest BCUT2D eigenvalue weighted by Crippen LogP contribution is 2.62. The van der Waals surface area contributed by atoms with Crippen molar-refractivity contribution in [2.24, 2.45) is 22.2 Å². The van der Waals surface area contributed by atoms with Crippen LogP contribution in [0.15, 0.2) is 48.0 Å². The number of piperazine rings is 1. The Morgan fingerprint density at radius 2 is 1.56 bits per heavy atom. The van der Waals surface area contributed by atoms with Gasteiger partial charge < -0.3 is 44.7 Å². The molecule has 2 bridgehead atoms. The number of hydrogen-bond donors (Lipinski definition) is 4. The van der Waals surface area contributed by atoms with E-state index in [2.05, 4.69) is 30.8 Å². The lowest BCUT2D eigenvalue weighted by Crippen LogP contribution is -2.57. The van der Waals surface area contributed by atoms with E-state index >= 15 is 17.6 Å². The number of aliphatic hydroxyl groups excluding tert-OH is 1. The molecule has 2 saturated carbocycles. The van der Waals surface area contributed by atoms with E-state index in [4.69, 9.17) is 30.8 Å². The number of alkyl halides is 2. The number of halogens is 5. The van der Waals surface area contributed by atoms with Crippen LogP contribution < -0.4 is 25.6 Å². The highest BCUT2D eigenvalue weighted by molar-refractivity contribution is 7.23. The number of β-amino-alcohol motifs (C(OH)–C–C–N with tert-alkyl or cyclic N) is 1. The first-order chi connectivity index (χ1) is 46.6. The molecule has 0 radical (unpaired) electrons. The zero-order valence-corrected chi connectivity index (χ0v) is 59.9. The topological polar surface area (TPSA) is 245 Å². The zero-order chi connectivity index (χ0) is 71.1. The van der Waals surface area contributed by atoms with E-state index in [1.165, 1.54) is 17.0 Å². The summed E-state index contributed by atoms with van der Waals surface area (Å²) in [5, 5.41) is 29.8. The number of rotatable bonds is 16. The summed E-state index contributed by atoms with van der Waals surface area (Å²) >= 11 is 9.43. The minimum absolute atomic E-state index is 0.00918.